The third-order valence-corrected chi connectivity index (χ3v) is 7.87. The lowest BCUT2D eigenvalue weighted by Crippen LogP contribution is -2.37. The molecule has 1 aromatic carbocycles. The maximum atomic E-state index is 10.4. The van der Waals surface area contributed by atoms with Gasteiger partial charge in [-0.3, -0.25) is 0 Å². The summed E-state index contributed by atoms with van der Waals surface area (Å²) in [6.45, 7) is 17.9. The fraction of sp³-hybridized carbons (Fsp3) is 0.793. The molecule has 0 radical (unpaired) electrons. The second-order valence-corrected chi connectivity index (χ2v) is 11.4. The average molecular weight is 431 g/mol. The van der Waals surface area contributed by atoms with Crippen molar-refractivity contribution < 1.29 is 9.84 Å². The van der Waals surface area contributed by atoms with E-state index in [4.69, 9.17) is 4.74 Å². The molecule has 0 aromatic heterocycles. The van der Waals surface area contributed by atoms with Gasteiger partial charge in [0.25, 0.3) is 0 Å². The lowest BCUT2D eigenvalue weighted by molar-refractivity contribution is 0.0512. The summed E-state index contributed by atoms with van der Waals surface area (Å²) in [6, 6.07) is 0. The number of aromatic hydroxyl groups is 1. The van der Waals surface area contributed by atoms with Crippen LogP contribution in [0.3, 0.4) is 0 Å². The van der Waals surface area contributed by atoms with E-state index in [1.165, 1.54) is 56.9 Å². The molecule has 1 aliphatic heterocycles. The normalized spacial score (nSPS) is 20.4. The summed E-state index contributed by atoms with van der Waals surface area (Å²) in [6.07, 6.45) is 14.1. The Labute approximate surface area is 193 Å². The minimum Gasteiger partial charge on any atom is -0.507 e. The van der Waals surface area contributed by atoms with Crippen LogP contribution < -0.4 is 4.74 Å². The third-order valence-electron chi connectivity index (χ3n) is 7.87. The Morgan fingerprint density at radius 3 is 1.94 bits per heavy atom. The van der Waals surface area contributed by atoms with Crippen molar-refractivity contribution in [1.29, 1.82) is 0 Å². The lowest BCUT2D eigenvalue weighted by Gasteiger charge is -2.38. The van der Waals surface area contributed by atoms with Gasteiger partial charge in [0.05, 0.1) is 0 Å². The number of fused-ring (bicyclic) bond motifs is 1. The molecule has 2 rings (SSSR count). The van der Waals surface area contributed by atoms with Crippen molar-refractivity contribution in [2.45, 2.75) is 132 Å². The first-order valence-corrected chi connectivity index (χ1v) is 13.0. The van der Waals surface area contributed by atoms with Crippen molar-refractivity contribution in [3.63, 3.8) is 0 Å². The lowest BCUT2D eigenvalue weighted by atomic mass is 9.84. The van der Waals surface area contributed by atoms with Crippen LogP contribution in [0.15, 0.2) is 0 Å². The van der Waals surface area contributed by atoms with Crippen LogP contribution in [0.2, 0.25) is 0 Å². The number of ether oxygens (including phenoxy) is 1. The zero-order valence-electron chi connectivity index (χ0n) is 21.9. The predicted octanol–water partition coefficient (Wildman–Crippen LogP) is 8.84. The van der Waals surface area contributed by atoms with Gasteiger partial charge in [-0.05, 0) is 87.8 Å². The highest BCUT2D eigenvalue weighted by atomic mass is 16.5. The zero-order chi connectivity index (χ0) is 23.2. The SMILES string of the molecule is Cc1c(C)c2c(c(C)c1O)CC[C@](C)(CCC[C@@H](C)CCC[C@H](C)CCCC(C)C)O2. The molecular weight excluding hydrogens is 380 g/mol. The molecule has 3 atom stereocenters. The van der Waals surface area contributed by atoms with E-state index < -0.39 is 0 Å². The van der Waals surface area contributed by atoms with Crippen molar-refractivity contribution >= 4 is 0 Å². The van der Waals surface area contributed by atoms with Gasteiger partial charge in [0.1, 0.15) is 17.1 Å². The van der Waals surface area contributed by atoms with Crippen LogP contribution in [0.1, 0.15) is 121 Å². The third kappa shape index (κ3) is 7.43. The molecule has 178 valence electrons. The van der Waals surface area contributed by atoms with Gasteiger partial charge in [-0.15, -0.1) is 0 Å². The molecule has 0 fully saturated rings. The Hall–Kier alpha value is -1.18. The summed E-state index contributed by atoms with van der Waals surface area (Å²) in [5, 5.41) is 10.4. The summed E-state index contributed by atoms with van der Waals surface area (Å²) >= 11 is 0. The molecule has 2 heteroatoms. The fourth-order valence-corrected chi connectivity index (χ4v) is 5.27. The van der Waals surface area contributed by atoms with E-state index >= 15 is 0 Å². The Balaban J connectivity index is 1.74. The second-order valence-electron chi connectivity index (χ2n) is 11.4. The summed E-state index contributed by atoms with van der Waals surface area (Å²) in [7, 11) is 0. The highest BCUT2D eigenvalue weighted by Crippen LogP contribution is 2.44. The van der Waals surface area contributed by atoms with Gasteiger partial charge < -0.3 is 9.84 Å². The summed E-state index contributed by atoms with van der Waals surface area (Å²) in [4.78, 5) is 0. The summed E-state index contributed by atoms with van der Waals surface area (Å²) in [5.41, 5.74) is 4.23. The van der Waals surface area contributed by atoms with Crippen LogP contribution in [0, 0.1) is 38.5 Å². The minimum atomic E-state index is -0.0712. The largest absolute Gasteiger partial charge is 0.507 e. The number of benzene rings is 1. The van der Waals surface area contributed by atoms with E-state index in [1.54, 1.807) is 0 Å². The van der Waals surface area contributed by atoms with Crippen molar-refractivity contribution in [1.82, 2.24) is 0 Å². The van der Waals surface area contributed by atoms with Gasteiger partial charge >= 0.3 is 0 Å². The summed E-state index contributed by atoms with van der Waals surface area (Å²) < 4.78 is 6.60. The quantitative estimate of drug-likeness (QED) is 0.359. The first-order valence-electron chi connectivity index (χ1n) is 13.0. The number of rotatable bonds is 12. The van der Waals surface area contributed by atoms with Crippen molar-refractivity contribution in [2.75, 3.05) is 0 Å². The van der Waals surface area contributed by atoms with Crippen molar-refractivity contribution in [3.05, 3.63) is 22.3 Å². The van der Waals surface area contributed by atoms with E-state index in [0.717, 1.165) is 59.5 Å². The highest BCUT2D eigenvalue weighted by Gasteiger charge is 2.34. The van der Waals surface area contributed by atoms with E-state index in [-0.39, 0.29) is 5.60 Å². The molecule has 0 aliphatic carbocycles. The van der Waals surface area contributed by atoms with E-state index in [2.05, 4.69) is 41.5 Å². The number of phenols is 1. The van der Waals surface area contributed by atoms with Crippen molar-refractivity contribution in [2.24, 2.45) is 17.8 Å². The Morgan fingerprint density at radius 2 is 1.35 bits per heavy atom. The van der Waals surface area contributed by atoms with Gasteiger partial charge in [0.15, 0.2) is 0 Å². The van der Waals surface area contributed by atoms with E-state index in [1.807, 2.05) is 13.8 Å². The molecule has 31 heavy (non-hydrogen) atoms. The molecule has 1 N–H and O–H groups in total. The molecule has 0 saturated carbocycles. The molecule has 1 aromatic rings. The Morgan fingerprint density at radius 1 is 0.806 bits per heavy atom. The minimum absolute atomic E-state index is 0.0712. The van der Waals surface area contributed by atoms with Crippen LogP contribution in [0.5, 0.6) is 11.5 Å². The van der Waals surface area contributed by atoms with E-state index in [9.17, 15) is 5.11 Å². The molecule has 0 unspecified atom stereocenters. The van der Waals surface area contributed by atoms with Gasteiger partial charge in [0.2, 0.25) is 0 Å². The molecule has 2 nitrogen and oxygen atoms in total. The maximum absolute atomic E-state index is 10.4. The number of hydrogen-bond acceptors (Lipinski definition) is 2. The highest BCUT2D eigenvalue weighted by molar-refractivity contribution is 5.58. The standard InChI is InChI=1S/C29H50O2/c1-20(2)12-9-13-21(3)14-10-15-22(4)16-11-18-29(8)19-17-26-25(7)27(30)23(5)24(6)28(26)31-29/h20-22,30H,9-19H2,1-8H3/t21-,22+,29+/m1/s1. The molecule has 0 saturated heterocycles. The fourth-order valence-electron chi connectivity index (χ4n) is 5.27. The Kier molecular flexibility index (Phi) is 9.77. The number of phenolic OH excluding ortho intramolecular Hbond substituents is 1. The monoisotopic (exact) mass is 430 g/mol. The number of hydrogen-bond donors (Lipinski definition) is 1. The van der Waals surface area contributed by atoms with Crippen LogP contribution in [0.25, 0.3) is 0 Å². The van der Waals surface area contributed by atoms with Crippen LogP contribution in [-0.2, 0) is 6.42 Å². The first-order chi connectivity index (χ1) is 14.5. The molecule has 1 aliphatic rings. The molecular formula is C29H50O2. The maximum Gasteiger partial charge on any atom is 0.127 e. The predicted molar refractivity (Wildman–Crippen MR) is 134 cm³/mol. The van der Waals surface area contributed by atoms with E-state index in [0.29, 0.717) is 5.75 Å². The summed E-state index contributed by atoms with van der Waals surface area (Å²) in [5.74, 6) is 4.04. The first kappa shape index (κ1) is 26.1. The molecule has 0 spiro atoms. The van der Waals surface area contributed by atoms with Gasteiger partial charge in [-0.1, -0.05) is 72.6 Å². The van der Waals surface area contributed by atoms with Crippen molar-refractivity contribution in [3.8, 4) is 11.5 Å². The zero-order valence-corrected chi connectivity index (χ0v) is 21.9. The Bertz CT molecular complexity index is 705. The average Bonchev–Trinajstić information content (AvgIpc) is 2.70. The van der Waals surface area contributed by atoms with Crippen LogP contribution in [-0.4, -0.2) is 10.7 Å². The van der Waals surface area contributed by atoms with Gasteiger partial charge in [-0.2, -0.15) is 0 Å². The van der Waals surface area contributed by atoms with Gasteiger partial charge in [-0.25, -0.2) is 0 Å². The van der Waals surface area contributed by atoms with Gasteiger partial charge in [0, 0.05) is 5.56 Å². The topological polar surface area (TPSA) is 29.5 Å². The molecule has 0 bridgehead atoms. The van der Waals surface area contributed by atoms with Crippen LogP contribution in [0.4, 0.5) is 0 Å². The second kappa shape index (κ2) is 11.6. The molecule has 0 amide bonds. The molecule has 1 heterocycles. The smallest absolute Gasteiger partial charge is 0.127 e. The van der Waals surface area contributed by atoms with Crippen LogP contribution >= 0.6 is 0 Å².